The molecule has 7 nitrogen and oxygen atoms in total. The Labute approximate surface area is 169 Å². The Morgan fingerprint density at radius 1 is 1.14 bits per heavy atom. The first-order valence-corrected chi connectivity index (χ1v) is 9.33. The molecule has 2 aromatic rings. The summed E-state index contributed by atoms with van der Waals surface area (Å²) in [5.41, 5.74) is 3.61. The van der Waals surface area contributed by atoms with E-state index in [4.69, 9.17) is 14.6 Å². The van der Waals surface area contributed by atoms with Gasteiger partial charge in [-0.15, -0.1) is 0 Å². The van der Waals surface area contributed by atoms with E-state index in [1.807, 2.05) is 43.3 Å². The number of carbonyl (C=O) groups excluding carboxylic acids is 1. The molecular weight excluding hydrogens is 372 g/mol. The quantitative estimate of drug-likeness (QED) is 0.773. The summed E-state index contributed by atoms with van der Waals surface area (Å²) < 4.78 is 10.8. The lowest BCUT2D eigenvalue weighted by molar-refractivity contribution is -0.141. The van der Waals surface area contributed by atoms with Crippen LogP contribution in [0.15, 0.2) is 47.6 Å². The van der Waals surface area contributed by atoms with E-state index < -0.39 is 5.97 Å². The van der Waals surface area contributed by atoms with E-state index in [0.29, 0.717) is 17.9 Å². The van der Waals surface area contributed by atoms with Crippen molar-refractivity contribution in [3.05, 3.63) is 59.2 Å². The summed E-state index contributed by atoms with van der Waals surface area (Å²) >= 11 is 0. The van der Waals surface area contributed by atoms with E-state index in [2.05, 4.69) is 5.10 Å². The third-order valence-corrected chi connectivity index (χ3v) is 4.87. The smallest absolute Gasteiger partial charge is 0.303 e. The van der Waals surface area contributed by atoms with Crippen LogP contribution in [-0.4, -0.2) is 41.9 Å². The molecule has 0 spiro atoms. The van der Waals surface area contributed by atoms with E-state index in [1.165, 1.54) is 5.01 Å². The summed E-state index contributed by atoms with van der Waals surface area (Å²) in [4.78, 5) is 23.7. The highest BCUT2D eigenvalue weighted by molar-refractivity contribution is 6.03. The van der Waals surface area contributed by atoms with E-state index >= 15 is 0 Å². The molecule has 1 amide bonds. The molecule has 0 unspecified atom stereocenters. The minimum absolute atomic E-state index is 0.116. The lowest BCUT2D eigenvalue weighted by Gasteiger charge is -2.23. The van der Waals surface area contributed by atoms with E-state index in [1.54, 1.807) is 20.3 Å². The lowest BCUT2D eigenvalue weighted by Crippen LogP contribution is -2.27. The van der Waals surface area contributed by atoms with E-state index in [9.17, 15) is 9.59 Å². The first-order chi connectivity index (χ1) is 13.9. The van der Waals surface area contributed by atoms with E-state index in [0.717, 1.165) is 22.4 Å². The number of hydrazone groups is 1. The molecule has 152 valence electrons. The number of methoxy groups -OCH3 is 2. The molecule has 0 saturated carbocycles. The zero-order valence-corrected chi connectivity index (χ0v) is 16.7. The predicted octanol–water partition coefficient (Wildman–Crippen LogP) is 3.55. The maximum Gasteiger partial charge on any atom is 0.303 e. The average Bonchev–Trinajstić information content (AvgIpc) is 3.16. The molecule has 1 heterocycles. The average molecular weight is 396 g/mol. The molecule has 1 N–H and O–H groups in total. The van der Waals surface area contributed by atoms with Gasteiger partial charge in [0, 0.05) is 24.5 Å². The van der Waals surface area contributed by atoms with Crippen LogP contribution in [0, 0.1) is 6.92 Å². The maximum atomic E-state index is 12.8. The minimum atomic E-state index is -1.01. The van der Waals surface area contributed by atoms with Crippen LogP contribution in [0.25, 0.3) is 0 Å². The SMILES string of the molecule is COc1ccc([C@@H]2CC(c3cccc(C)c3)=NN2C(=O)CCC(=O)O)c(OC)c1. The number of nitrogens with zero attached hydrogens (tertiary/aromatic N) is 2. The van der Waals surface area contributed by atoms with Crippen molar-refractivity contribution < 1.29 is 24.2 Å². The van der Waals surface area contributed by atoms with Crippen LogP contribution < -0.4 is 9.47 Å². The third-order valence-electron chi connectivity index (χ3n) is 4.87. The van der Waals surface area contributed by atoms with Gasteiger partial charge in [0.15, 0.2) is 0 Å². The van der Waals surface area contributed by atoms with Crippen molar-refractivity contribution in [3.63, 3.8) is 0 Å². The van der Waals surface area contributed by atoms with Crippen LogP contribution in [0.4, 0.5) is 0 Å². The Morgan fingerprint density at radius 2 is 1.93 bits per heavy atom. The van der Waals surface area contributed by atoms with Crippen molar-refractivity contribution in [2.24, 2.45) is 5.10 Å². The van der Waals surface area contributed by atoms with Gasteiger partial charge in [0.2, 0.25) is 5.91 Å². The summed E-state index contributed by atoms with van der Waals surface area (Å²) in [5, 5.41) is 14.9. The number of carboxylic acids is 1. The van der Waals surface area contributed by atoms with Crippen molar-refractivity contribution in [2.75, 3.05) is 14.2 Å². The highest BCUT2D eigenvalue weighted by Gasteiger charge is 2.35. The van der Waals surface area contributed by atoms with Gasteiger partial charge in [0.25, 0.3) is 0 Å². The van der Waals surface area contributed by atoms with Crippen molar-refractivity contribution in [2.45, 2.75) is 32.2 Å². The fourth-order valence-corrected chi connectivity index (χ4v) is 3.40. The van der Waals surface area contributed by atoms with Gasteiger partial charge in [0.1, 0.15) is 11.5 Å². The molecule has 1 atom stereocenters. The number of hydrogen-bond acceptors (Lipinski definition) is 5. The van der Waals surface area contributed by atoms with Crippen LogP contribution in [0.2, 0.25) is 0 Å². The Hall–Kier alpha value is -3.35. The number of benzene rings is 2. The maximum absolute atomic E-state index is 12.8. The number of aryl methyl sites for hydroxylation is 1. The van der Waals surface area contributed by atoms with Gasteiger partial charge in [-0.1, -0.05) is 29.8 Å². The van der Waals surface area contributed by atoms with Crippen LogP contribution >= 0.6 is 0 Å². The molecule has 0 bridgehead atoms. The Balaban J connectivity index is 1.98. The topological polar surface area (TPSA) is 88.4 Å². The second kappa shape index (κ2) is 8.77. The zero-order valence-electron chi connectivity index (χ0n) is 16.7. The molecule has 0 fully saturated rings. The summed E-state index contributed by atoms with van der Waals surface area (Å²) in [5.74, 6) is -0.116. The van der Waals surface area contributed by atoms with Gasteiger partial charge >= 0.3 is 5.97 Å². The summed E-state index contributed by atoms with van der Waals surface area (Å²) in [7, 11) is 3.14. The lowest BCUT2D eigenvalue weighted by atomic mass is 9.96. The number of ether oxygens (including phenoxy) is 2. The Bertz CT molecular complexity index is 954. The van der Waals surface area contributed by atoms with E-state index in [-0.39, 0.29) is 24.8 Å². The molecule has 0 aromatic heterocycles. The van der Waals surface area contributed by atoms with Gasteiger partial charge in [-0.25, -0.2) is 5.01 Å². The molecule has 1 aliphatic heterocycles. The molecule has 0 saturated heterocycles. The standard InChI is InChI=1S/C22H24N2O5/c1-14-5-4-6-15(11-14)18-13-19(24(23-18)21(25)9-10-22(26)27)17-8-7-16(28-2)12-20(17)29-3/h4-8,11-12,19H,9-10,13H2,1-3H3,(H,26,27)/t19-/m0/s1. The first kappa shape index (κ1) is 20.4. The number of amides is 1. The molecule has 1 aliphatic rings. The largest absolute Gasteiger partial charge is 0.497 e. The molecule has 3 rings (SSSR count). The van der Waals surface area contributed by atoms with Gasteiger partial charge in [-0.3, -0.25) is 9.59 Å². The van der Waals surface area contributed by atoms with Crippen LogP contribution in [0.1, 0.15) is 42.0 Å². The number of carboxylic acid groups (broad SMARTS) is 1. The van der Waals surface area contributed by atoms with Crippen molar-refractivity contribution >= 4 is 17.6 Å². The van der Waals surface area contributed by atoms with Gasteiger partial charge in [-0.2, -0.15) is 5.10 Å². The predicted molar refractivity (Wildman–Crippen MR) is 108 cm³/mol. The van der Waals surface area contributed by atoms with Crippen LogP contribution in [0.3, 0.4) is 0 Å². The Morgan fingerprint density at radius 3 is 2.59 bits per heavy atom. The fraction of sp³-hybridized carbons (Fsp3) is 0.318. The summed E-state index contributed by atoms with van der Waals surface area (Å²) in [6, 6.07) is 13.0. The van der Waals surface area contributed by atoms with Crippen LogP contribution in [0.5, 0.6) is 11.5 Å². The molecule has 29 heavy (non-hydrogen) atoms. The second-order valence-corrected chi connectivity index (χ2v) is 6.88. The Kier molecular flexibility index (Phi) is 6.16. The van der Waals surface area contributed by atoms with Gasteiger partial charge < -0.3 is 14.6 Å². The number of aliphatic carboxylic acids is 1. The van der Waals surface area contributed by atoms with Crippen LogP contribution in [-0.2, 0) is 9.59 Å². The van der Waals surface area contributed by atoms with Crippen molar-refractivity contribution in [1.82, 2.24) is 5.01 Å². The van der Waals surface area contributed by atoms with Gasteiger partial charge in [0.05, 0.1) is 32.4 Å². The molecule has 2 aromatic carbocycles. The molecule has 0 radical (unpaired) electrons. The monoisotopic (exact) mass is 396 g/mol. The highest BCUT2D eigenvalue weighted by Crippen LogP contribution is 2.39. The molecule has 0 aliphatic carbocycles. The number of rotatable bonds is 7. The fourth-order valence-electron chi connectivity index (χ4n) is 3.40. The molecular formula is C22H24N2O5. The molecule has 7 heteroatoms. The normalized spacial score (nSPS) is 15.8. The third kappa shape index (κ3) is 4.56. The number of hydrogen-bond donors (Lipinski definition) is 1. The first-order valence-electron chi connectivity index (χ1n) is 9.33. The summed E-state index contributed by atoms with van der Waals surface area (Å²) in [6.45, 7) is 2.00. The minimum Gasteiger partial charge on any atom is -0.497 e. The second-order valence-electron chi connectivity index (χ2n) is 6.88. The zero-order chi connectivity index (χ0) is 21.0. The van der Waals surface area contributed by atoms with Crippen molar-refractivity contribution in [1.29, 1.82) is 0 Å². The summed E-state index contributed by atoms with van der Waals surface area (Å²) in [6.07, 6.45) is 0.150. The highest BCUT2D eigenvalue weighted by atomic mass is 16.5. The number of carbonyl (C=O) groups is 2. The van der Waals surface area contributed by atoms with Gasteiger partial charge in [-0.05, 0) is 24.6 Å². The van der Waals surface area contributed by atoms with Crippen molar-refractivity contribution in [3.8, 4) is 11.5 Å².